The molecule has 150 valence electrons. The van der Waals surface area contributed by atoms with Crippen molar-refractivity contribution in [2.75, 3.05) is 51.3 Å². The number of piperazine rings is 1. The molecule has 4 rings (SSSR count). The van der Waals surface area contributed by atoms with Gasteiger partial charge in [-0.15, -0.1) is 0 Å². The predicted molar refractivity (Wildman–Crippen MR) is 113 cm³/mol. The Morgan fingerprint density at radius 2 is 1.37 bits per heavy atom. The molecule has 0 N–H and O–H groups in total. The standard InChI is InChI=1S/C23H37N3O/c1-27-23-12-10-21(11-13-23)24-15-17-25(18-16-24)22-9-6-14-26(19-22)20-7-4-2-3-5-8-20/h10-13,20,22H,2-9,14-19H2,1H3. The maximum atomic E-state index is 5.29. The van der Waals surface area contributed by atoms with Crippen LogP contribution in [0.1, 0.15) is 51.4 Å². The van der Waals surface area contributed by atoms with E-state index < -0.39 is 0 Å². The molecule has 1 unspecified atom stereocenters. The zero-order chi connectivity index (χ0) is 18.5. The van der Waals surface area contributed by atoms with Crippen molar-refractivity contribution < 1.29 is 4.74 Å². The lowest BCUT2D eigenvalue weighted by Gasteiger charge is -2.45. The summed E-state index contributed by atoms with van der Waals surface area (Å²) in [6.45, 7) is 7.35. The van der Waals surface area contributed by atoms with Crippen LogP contribution in [0.3, 0.4) is 0 Å². The molecule has 2 saturated heterocycles. The third-order valence-electron chi connectivity index (χ3n) is 7.04. The summed E-state index contributed by atoms with van der Waals surface area (Å²) < 4.78 is 5.29. The Balaban J connectivity index is 1.29. The fourth-order valence-corrected chi connectivity index (χ4v) is 5.37. The molecule has 0 bridgehead atoms. The van der Waals surface area contributed by atoms with Crippen molar-refractivity contribution >= 4 is 5.69 Å². The lowest BCUT2D eigenvalue weighted by Crippen LogP contribution is -2.56. The van der Waals surface area contributed by atoms with Gasteiger partial charge in [0.05, 0.1) is 7.11 Å². The minimum Gasteiger partial charge on any atom is -0.497 e. The Hall–Kier alpha value is -1.26. The Morgan fingerprint density at radius 3 is 2.04 bits per heavy atom. The fraction of sp³-hybridized carbons (Fsp3) is 0.739. The number of likely N-dealkylation sites (tertiary alicyclic amines) is 1. The lowest BCUT2D eigenvalue weighted by atomic mass is 9.98. The molecular weight excluding hydrogens is 334 g/mol. The largest absolute Gasteiger partial charge is 0.497 e. The minimum atomic E-state index is 0.778. The number of piperidine rings is 1. The van der Waals surface area contributed by atoms with Gasteiger partial charge in [0.2, 0.25) is 0 Å². The molecule has 1 aromatic rings. The average molecular weight is 372 g/mol. The van der Waals surface area contributed by atoms with Crippen LogP contribution in [0.15, 0.2) is 24.3 Å². The highest BCUT2D eigenvalue weighted by atomic mass is 16.5. The highest BCUT2D eigenvalue weighted by Gasteiger charge is 2.31. The molecule has 2 heterocycles. The van der Waals surface area contributed by atoms with Crippen molar-refractivity contribution in [1.82, 2.24) is 9.80 Å². The van der Waals surface area contributed by atoms with Crippen LogP contribution in [-0.4, -0.2) is 68.3 Å². The molecule has 4 nitrogen and oxygen atoms in total. The highest BCUT2D eigenvalue weighted by molar-refractivity contribution is 5.49. The SMILES string of the molecule is COc1ccc(N2CCN(C3CCCN(C4CCCCCC4)C3)CC2)cc1. The van der Waals surface area contributed by atoms with Gasteiger partial charge in [0.1, 0.15) is 5.75 Å². The van der Waals surface area contributed by atoms with Crippen molar-refractivity contribution in [1.29, 1.82) is 0 Å². The number of hydrogen-bond acceptors (Lipinski definition) is 4. The second-order valence-corrected chi connectivity index (χ2v) is 8.66. The van der Waals surface area contributed by atoms with Crippen molar-refractivity contribution in [3.63, 3.8) is 0 Å². The van der Waals surface area contributed by atoms with Crippen LogP contribution < -0.4 is 9.64 Å². The average Bonchev–Trinajstić information content (AvgIpc) is 3.04. The van der Waals surface area contributed by atoms with Crippen LogP contribution in [0.25, 0.3) is 0 Å². The van der Waals surface area contributed by atoms with Crippen LogP contribution in [0.2, 0.25) is 0 Å². The van der Waals surface area contributed by atoms with Gasteiger partial charge in [0, 0.05) is 50.5 Å². The van der Waals surface area contributed by atoms with Gasteiger partial charge in [-0.25, -0.2) is 0 Å². The van der Waals surface area contributed by atoms with Gasteiger partial charge in [-0.2, -0.15) is 0 Å². The van der Waals surface area contributed by atoms with E-state index in [1.54, 1.807) is 7.11 Å². The van der Waals surface area contributed by atoms with E-state index in [1.165, 1.54) is 83.2 Å². The van der Waals surface area contributed by atoms with Crippen molar-refractivity contribution in [3.05, 3.63) is 24.3 Å². The van der Waals surface area contributed by atoms with E-state index in [2.05, 4.69) is 39.0 Å². The molecule has 1 saturated carbocycles. The molecule has 1 aromatic carbocycles. The molecule has 27 heavy (non-hydrogen) atoms. The third-order valence-corrected chi connectivity index (χ3v) is 7.04. The molecule has 3 aliphatic rings. The molecule has 0 spiro atoms. The molecule has 2 aliphatic heterocycles. The van der Waals surface area contributed by atoms with Crippen LogP contribution >= 0.6 is 0 Å². The Bertz CT molecular complexity index is 559. The summed E-state index contributed by atoms with van der Waals surface area (Å²) in [5.74, 6) is 0.943. The second kappa shape index (κ2) is 9.29. The first-order chi connectivity index (χ1) is 13.3. The second-order valence-electron chi connectivity index (χ2n) is 8.66. The van der Waals surface area contributed by atoms with E-state index in [4.69, 9.17) is 4.74 Å². The zero-order valence-electron chi connectivity index (χ0n) is 17.1. The number of anilines is 1. The van der Waals surface area contributed by atoms with Crippen LogP contribution in [0.5, 0.6) is 5.75 Å². The van der Waals surface area contributed by atoms with E-state index in [0.29, 0.717) is 0 Å². The molecule has 0 amide bonds. The molecule has 3 fully saturated rings. The summed E-state index contributed by atoms with van der Waals surface area (Å²) in [6, 6.07) is 10.2. The van der Waals surface area contributed by atoms with Gasteiger partial charge >= 0.3 is 0 Å². The molecule has 4 heteroatoms. The first kappa shape index (κ1) is 19.1. The van der Waals surface area contributed by atoms with Gasteiger partial charge in [-0.3, -0.25) is 9.80 Å². The highest BCUT2D eigenvalue weighted by Crippen LogP contribution is 2.27. The van der Waals surface area contributed by atoms with E-state index in [-0.39, 0.29) is 0 Å². The quantitative estimate of drug-likeness (QED) is 0.745. The van der Waals surface area contributed by atoms with Crippen LogP contribution in [-0.2, 0) is 0 Å². The smallest absolute Gasteiger partial charge is 0.119 e. The lowest BCUT2D eigenvalue weighted by molar-refractivity contribution is 0.0624. The Kier molecular flexibility index (Phi) is 6.56. The Labute approximate surface area is 165 Å². The zero-order valence-corrected chi connectivity index (χ0v) is 17.1. The fourth-order valence-electron chi connectivity index (χ4n) is 5.37. The molecule has 1 atom stereocenters. The summed E-state index contributed by atoms with van der Waals surface area (Å²) >= 11 is 0. The van der Waals surface area contributed by atoms with Crippen LogP contribution in [0.4, 0.5) is 5.69 Å². The van der Waals surface area contributed by atoms with E-state index in [9.17, 15) is 0 Å². The number of benzene rings is 1. The third kappa shape index (κ3) is 4.78. The van der Waals surface area contributed by atoms with E-state index in [1.807, 2.05) is 0 Å². The maximum absolute atomic E-state index is 5.29. The molecule has 0 radical (unpaired) electrons. The van der Waals surface area contributed by atoms with Gasteiger partial charge in [-0.05, 0) is 56.5 Å². The van der Waals surface area contributed by atoms with Crippen molar-refractivity contribution in [3.8, 4) is 5.75 Å². The number of nitrogens with zero attached hydrogens (tertiary/aromatic N) is 3. The summed E-state index contributed by atoms with van der Waals surface area (Å²) in [6.07, 6.45) is 11.5. The molecule has 0 aromatic heterocycles. The van der Waals surface area contributed by atoms with Crippen molar-refractivity contribution in [2.24, 2.45) is 0 Å². The number of ether oxygens (including phenoxy) is 1. The summed E-state index contributed by atoms with van der Waals surface area (Å²) in [4.78, 5) is 8.17. The van der Waals surface area contributed by atoms with Crippen LogP contribution in [0, 0.1) is 0 Å². The minimum absolute atomic E-state index is 0.778. The van der Waals surface area contributed by atoms with Gasteiger partial charge in [0.25, 0.3) is 0 Å². The predicted octanol–water partition coefficient (Wildman–Crippen LogP) is 4.00. The van der Waals surface area contributed by atoms with Crippen molar-refractivity contribution in [2.45, 2.75) is 63.5 Å². The van der Waals surface area contributed by atoms with Gasteiger partial charge in [0.15, 0.2) is 0 Å². The summed E-state index contributed by atoms with van der Waals surface area (Å²) in [7, 11) is 1.73. The summed E-state index contributed by atoms with van der Waals surface area (Å²) in [5, 5.41) is 0. The number of rotatable bonds is 4. The topological polar surface area (TPSA) is 19.0 Å². The van der Waals surface area contributed by atoms with Gasteiger partial charge < -0.3 is 9.64 Å². The monoisotopic (exact) mass is 371 g/mol. The Morgan fingerprint density at radius 1 is 0.704 bits per heavy atom. The molecular formula is C23H37N3O. The normalized spacial score (nSPS) is 26.7. The van der Waals surface area contributed by atoms with E-state index >= 15 is 0 Å². The van der Waals surface area contributed by atoms with E-state index in [0.717, 1.165) is 30.9 Å². The summed E-state index contributed by atoms with van der Waals surface area (Å²) in [5.41, 5.74) is 1.33. The number of methoxy groups -OCH3 is 1. The molecule has 1 aliphatic carbocycles. The first-order valence-corrected chi connectivity index (χ1v) is 11.2. The number of hydrogen-bond donors (Lipinski definition) is 0. The maximum Gasteiger partial charge on any atom is 0.119 e. The first-order valence-electron chi connectivity index (χ1n) is 11.2. The van der Waals surface area contributed by atoms with Gasteiger partial charge in [-0.1, -0.05) is 25.7 Å².